The highest BCUT2D eigenvalue weighted by atomic mass is 16.5. The number of rotatable bonds is 5. The van der Waals surface area contributed by atoms with Crippen LogP contribution in [0.2, 0.25) is 0 Å². The zero-order valence-electron chi connectivity index (χ0n) is 19.3. The van der Waals surface area contributed by atoms with Crippen molar-refractivity contribution in [1.29, 1.82) is 0 Å². The molecule has 3 N–H and O–H groups in total. The van der Waals surface area contributed by atoms with E-state index in [1.54, 1.807) is 7.11 Å². The summed E-state index contributed by atoms with van der Waals surface area (Å²) in [6.07, 6.45) is 5.40. The van der Waals surface area contributed by atoms with Gasteiger partial charge in [0.15, 0.2) is 5.82 Å². The molecule has 0 amide bonds. The van der Waals surface area contributed by atoms with Crippen molar-refractivity contribution in [3.63, 3.8) is 0 Å². The van der Waals surface area contributed by atoms with Gasteiger partial charge in [-0.05, 0) is 65.4 Å². The monoisotopic (exact) mass is 449 g/mol. The molecule has 0 spiro atoms. The molecule has 1 unspecified atom stereocenters. The number of nitrogens with two attached hydrogens (primary N) is 1. The normalized spacial score (nSPS) is 15.4. The van der Waals surface area contributed by atoms with Crippen molar-refractivity contribution >= 4 is 23.0 Å². The van der Waals surface area contributed by atoms with E-state index < -0.39 is 0 Å². The second kappa shape index (κ2) is 9.32. The van der Waals surface area contributed by atoms with E-state index in [1.165, 1.54) is 0 Å². The van der Waals surface area contributed by atoms with Crippen LogP contribution in [0, 0.1) is 5.92 Å². The lowest BCUT2D eigenvalue weighted by Crippen LogP contribution is -2.30. The summed E-state index contributed by atoms with van der Waals surface area (Å²) in [4.78, 5) is 0. The summed E-state index contributed by atoms with van der Waals surface area (Å²) in [7, 11) is 1.68. The molecule has 0 fully saturated rings. The van der Waals surface area contributed by atoms with Crippen molar-refractivity contribution in [1.82, 2.24) is 10.2 Å². The van der Waals surface area contributed by atoms with E-state index in [0.29, 0.717) is 11.7 Å². The molecule has 0 radical (unpaired) electrons. The summed E-state index contributed by atoms with van der Waals surface area (Å²) in [5.74, 6) is 3.23. The number of para-hydroxylation sites is 1. The molecule has 3 aromatic carbocycles. The number of anilines is 1. The zero-order chi connectivity index (χ0) is 23.5. The maximum absolute atomic E-state index is 6.42. The Balaban J connectivity index is 1.67. The van der Waals surface area contributed by atoms with E-state index in [-0.39, 0.29) is 0 Å². The van der Waals surface area contributed by atoms with Gasteiger partial charge in [-0.1, -0.05) is 61.5 Å². The van der Waals surface area contributed by atoms with Crippen molar-refractivity contribution < 1.29 is 9.47 Å². The number of benzene rings is 3. The fraction of sp³-hybridized carbons (Fsp3) is 0.138. The zero-order valence-corrected chi connectivity index (χ0v) is 19.3. The highest BCUT2D eigenvalue weighted by Crippen LogP contribution is 2.33. The van der Waals surface area contributed by atoms with Crippen LogP contribution in [0.5, 0.6) is 17.2 Å². The van der Waals surface area contributed by atoms with Crippen LogP contribution in [0.4, 0.5) is 5.82 Å². The van der Waals surface area contributed by atoms with E-state index in [1.807, 2.05) is 54.6 Å². The van der Waals surface area contributed by atoms with Gasteiger partial charge in [-0.25, -0.2) is 0 Å². The Morgan fingerprint density at radius 2 is 1.50 bits per heavy atom. The Morgan fingerprint density at radius 1 is 0.853 bits per heavy atom. The fourth-order valence-electron chi connectivity index (χ4n) is 4.29. The van der Waals surface area contributed by atoms with Crippen LogP contribution >= 0.6 is 0 Å². The van der Waals surface area contributed by atoms with Crippen molar-refractivity contribution in [3.8, 4) is 17.2 Å². The molecule has 1 heterocycles. The number of hydrogen-bond acceptors (Lipinski definition) is 4. The molecule has 0 saturated carbocycles. The molecule has 4 aromatic rings. The summed E-state index contributed by atoms with van der Waals surface area (Å²) in [5.41, 5.74) is 10.7. The molecule has 0 bridgehead atoms. The number of methoxy groups -OCH3 is 1. The number of hydrogen-bond donors (Lipinski definition) is 2. The second-order valence-electron chi connectivity index (χ2n) is 8.44. The van der Waals surface area contributed by atoms with Crippen LogP contribution in [0.1, 0.15) is 24.5 Å². The number of allylic oxidation sites excluding steroid dienone is 2. The molecule has 5 rings (SSSR count). The SMILES string of the molecule is COc1ccc(C2=CCC(C)C=c3[nH]nc(N)c3=C2c2ccc(Oc3ccccc3)cc2)cc1. The minimum absolute atomic E-state index is 0.343. The number of fused-ring (bicyclic) bond motifs is 1. The molecule has 1 aliphatic rings. The lowest BCUT2D eigenvalue weighted by Gasteiger charge is -2.17. The van der Waals surface area contributed by atoms with E-state index in [4.69, 9.17) is 15.2 Å². The molecule has 170 valence electrons. The third-order valence-corrected chi connectivity index (χ3v) is 6.01. The number of H-pyrrole nitrogens is 1. The van der Waals surface area contributed by atoms with Gasteiger partial charge < -0.3 is 15.2 Å². The minimum Gasteiger partial charge on any atom is -0.497 e. The maximum atomic E-state index is 6.42. The van der Waals surface area contributed by atoms with Crippen LogP contribution in [-0.4, -0.2) is 17.3 Å². The van der Waals surface area contributed by atoms with Gasteiger partial charge in [0.25, 0.3) is 0 Å². The average molecular weight is 450 g/mol. The first kappa shape index (κ1) is 21.6. The van der Waals surface area contributed by atoms with Crippen LogP contribution < -0.4 is 25.8 Å². The van der Waals surface area contributed by atoms with Crippen LogP contribution in [0.15, 0.2) is 84.9 Å². The summed E-state index contributed by atoms with van der Waals surface area (Å²) < 4.78 is 11.4. The van der Waals surface area contributed by atoms with Gasteiger partial charge in [0.2, 0.25) is 0 Å². The Labute approximate surface area is 198 Å². The second-order valence-corrected chi connectivity index (χ2v) is 8.44. The average Bonchev–Trinajstić information content (AvgIpc) is 3.21. The van der Waals surface area contributed by atoms with Gasteiger partial charge in [-0.3, -0.25) is 5.10 Å². The highest BCUT2D eigenvalue weighted by molar-refractivity contribution is 6.05. The molecule has 34 heavy (non-hydrogen) atoms. The number of aromatic amines is 1. The molecule has 0 aliphatic heterocycles. The first-order valence-corrected chi connectivity index (χ1v) is 11.4. The lowest BCUT2D eigenvalue weighted by atomic mass is 9.87. The van der Waals surface area contributed by atoms with Crippen LogP contribution in [0.25, 0.3) is 17.2 Å². The molecule has 0 saturated heterocycles. The highest BCUT2D eigenvalue weighted by Gasteiger charge is 2.18. The quantitative estimate of drug-likeness (QED) is 0.455. The van der Waals surface area contributed by atoms with Crippen LogP contribution in [0.3, 0.4) is 0 Å². The number of ether oxygens (including phenoxy) is 2. The summed E-state index contributed by atoms with van der Waals surface area (Å²) >= 11 is 0. The number of nitrogens with one attached hydrogen (secondary N) is 1. The van der Waals surface area contributed by atoms with Gasteiger partial charge in [0.1, 0.15) is 17.2 Å². The Kier molecular flexibility index (Phi) is 5.91. The van der Waals surface area contributed by atoms with E-state index in [9.17, 15) is 0 Å². The maximum Gasteiger partial charge on any atom is 0.153 e. The number of aromatic nitrogens is 2. The lowest BCUT2D eigenvalue weighted by molar-refractivity contribution is 0.415. The standard InChI is InChI=1S/C29H27N3O2/c1-19-8-17-25(20-9-13-22(33-2)14-10-20)27(28-26(18-19)31-32-29(28)30)21-11-15-24(16-12-21)34-23-6-4-3-5-7-23/h3-7,9-19,31H,8H2,1-2H3,(H2,30,32). The van der Waals surface area contributed by atoms with Gasteiger partial charge in [-0.2, -0.15) is 5.10 Å². The first-order valence-electron chi connectivity index (χ1n) is 11.4. The van der Waals surface area contributed by atoms with Gasteiger partial charge in [0, 0.05) is 5.57 Å². The smallest absolute Gasteiger partial charge is 0.153 e. The van der Waals surface area contributed by atoms with E-state index in [2.05, 4.69) is 53.5 Å². The topological polar surface area (TPSA) is 73.2 Å². The van der Waals surface area contributed by atoms with Gasteiger partial charge >= 0.3 is 0 Å². The fourth-order valence-corrected chi connectivity index (χ4v) is 4.29. The molecule has 5 nitrogen and oxygen atoms in total. The van der Waals surface area contributed by atoms with Crippen molar-refractivity contribution in [2.75, 3.05) is 12.8 Å². The van der Waals surface area contributed by atoms with Crippen LogP contribution in [-0.2, 0) is 0 Å². The van der Waals surface area contributed by atoms with Crippen molar-refractivity contribution in [2.45, 2.75) is 13.3 Å². The van der Waals surface area contributed by atoms with Gasteiger partial charge in [-0.15, -0.1) is 0 Å². The summed E-state index contributed by atoms with van der Waals surface area (Å²) in [6, 6.07) is 26.0. The molecule has 1 aliphatic carbocycles. The summed E-state index contributed by atoms with van der Waals surface area (Å²) in [6.45, 7) is 2.20. The third kappa shape index (κ3) is 4.33. The molecular weight excluding hydrogens is 422 g/mol. The Hall–Kier alpha value is -4.25. The predicted octanol–water partition coefficient (Wildman–Crippen LogP) is 4.90. The Bertz CT molecular complexity index is 1430. The summed E-state index contributed by atoms with van der Waals surface area (Å²) in [5, 5.41) is 9.35. The molecule has 1 atom stereocenters. The molecular formula is C29H27N3O2. The van der Waals surface area contributed by atoms with Crippen molar-refractivity contribution in [2.24, 2.45) is 5.92 Å². The molecule has 1 aromatic heterocycles. The van der Waals surface area contributed by atoms with E-state index >= 15 is 0 Å². The minimum atomic E-state index is 0.343. The molecule has 5 heteroatoms. The first-order chi connectivity index (χ1) is 16.6. The van der Waals surface area contributed by atoms with Gasteiger partial charge in [0.05, 0.1) is 17.7 Å². The number of nitrogen functional groups attached to an aromatic ring is 1. The van der Waals surface area contributed by atoms with E-state index in [0.717, 1.165) is 56.5 Å². The largest absolute Gasteiger partial charge is 0.497 e. The predicted molar refractivity (Wildman–Crippen MR) is 137 cm³/mol. The third-order valence-electron chi connectivity index (χ3n) is 6.01. The van der Waals surface area contributed by atoms with Crippen molar-refractivity contribution in [3.05, 3.63) is 107 Å². The Morgan fingerprint density at radius 3 is 2.21 bits per heavy atom. The number of nitrogens with zero attached hydrogens (tertiary/aromatic N) is 1.